The van der Waals surface area contributed by atoms with Crippen LogP contribution in [0.4, 0.5) is 4.79 Å². The fourth-order valence-electron chi connectivity index (χ4n) is 2.72. The molecule has 104 valence electrons. The average molecular weight is 255 g/mol. The Hall–Kier alpha value is -0.770. The summed E-state index contributed by atoms with van der Waals surface area (Å²) in [4.78, 5) is 13.6. The molecule has 2 fully saturated rings. The maximum atomic E-state index is 11.9. The Morgan fingerprint density at radius 3 is 2.50 bits per heavy atom. The molecule has 0 aromatic rings. The first-order valence-corrected chi connectivity index (χ1v) is 7.01. The van der Waals surface area contributed by atoms with Crippen LogP contribution in [0.3, 0.4) is 0 Å². The van der Waals surface area contributed by atoms with Gasteiger partial charge in [-0.1, -0.05) is 19.3 Å². The Morgan fingerprint density at radius 1 is 1.33 bits per heavy atom. The van der Waals surface area contributed by atoms with Crippen LogP contribution >= 0.6 is 0 Å². The van der Waals surface area contributed by atoms with Crippen LogP contribution in [0.25, 0.3) is 0 Å². The first-order chi connectivity index (χ1) is 8.35. The average Bonchev–Trinajstić information content (AvgIpc) is 2.51. The van der Waals surface area contributed by atoms with E-state index in [4.69, 9.17) is 4.74 Å². The maximum Gasteiger partial charge on any atom is 0.410 e. The first-order valence-electron chi connectivity index (χ1n) is 7.01. The zero-order valence-corrected chi connectivity index (χ0v) is 11.7. The van der Waals surface area contributed by atoms with Gasteiger partial charge in [0.1, 0.15) is 5.60 Å². The molecule has 2 atom stereocenters. The summed E-state index contributed by atoms with van der Waals surface area (Å²) in [6.45, 7) is 6.66. The summed E-state index contributed by atoms with van der Waals surface area (Å²) in [5.41, 5.74) is -0.464. The third-order valence-electron chi connectivity index (χ3n) is 3.92. The summed E-state index contributed by atoms with van der Waals surface area (Å²) in [6.07, 6.45) is 4.28. The van der Waals surface area contributed by atoms with Crippen LogP contribution in [0, 0.1) is 11.8 Å². The number of hydrogen-bond donors (Lipinski definition) is 1. The van der Waals surface area contributed by atoms with Crippen LogP contribution in [0.15, 0.2) is 0 Å². The molecule has 2 rings (SSSR count). The molecule has 4 heteroatoms. The normalized spacial score (nSPS) is 29.2. The highest BCUT2D eigenvalue weighted by Gasteiger charge is 2.37. The molecule has 1 amide bonds. The number of nitrogens with zero attached hydrogens (tertiary/aromatic N) is 1. The van der Waals surface area contributed by atoms with E-state index in [0.717, 1.165) is 12.3 Å². The summed E-state index contributed by atoms with van der Waals surface area (Å²) < 4.78 is 5.34. The van der Waals surface area contributed by atoms with Crippen molar-refractivity contribution in [3.8, 4) is 0 Å². The monoisotopic (exact) mass is 255 g/mol. The smallest absolute Gasteiger partial charge is 0.410 e. The van der Waals surface area contributed by atoms with Crippen LogP contribution in [-0.2, 0) is 4.74 Å². The predicted molar refractivity (Wildman–Crippen MR) is 69.3 cm³/mol. The van der Waals surface area contributed by atoms with Crippen molar-refractivity contribution in [3.05, 3.63) is 0 Å². The van der Waals surface area contributed by atoms with Gasteiger partial charge in [0.05, 0.1) is 12.6 Å². The van der Waals surface area contributed by atoms with E-state index in [0.29, 0.717) is 13.1 Å². The van der Waals surface area contributed by atoms with Gasteiger partial charge in [0.2, 0.25) is 0 Å². The second-order valence-electron chi connectivity index (χ2n) is 6.75. The van der Waals surface area contributed by atoms with Gasteiger partial charge in [0.25, 0.3) is 0 Å². The topological polar surface area (TPSA) is 49.8 Å². The quantitative estimate of drug-likeness (QED) is 0.824. The summed E-state index contributed by atoms with van der Waals surface area (Å²) in [5.74, 6) is 1.01. The number of carbonyl (C=O) groups excluding carboxylic acids is 1. The van der Waals surface area contributed by atoms with Gasteiger partial charge in [-0.2, -0.15) is 0 Å². The molecule has 1 saturated heterocycles. The van der Waals surface area contributed by atoms with Crippen molar-refractivity contribution in [1.82, 2.24) is 4.90 Å². The molecule has 1 heterocycles. The largest absolute Gasteiger partial charge is 0.444 e. The minimum Gasteiger partial charge on any atom is -0.444 e. The molecule has 0 bridgehead atoms. The zero-order valence-electron chi connectivity index (χ0n) is 11.7. The standard InChI is InChI=1S/C14H25NO3/c1-14(2,3)18-13(17)15-8-11(12(16)9-15)7-10-5-4-6-10/h10-12,16H,4-9H2,1-3H3/t11-,12-/m1/s1. The third kappa shape index (κ3) is 3.37. The van der Waals surface area contributed by atoms with Gasteiger partial charge < -0.3 is 14.7 Å². The minimum absolute atomic E-state index is 0.239. The van der Waals surface area contributed by atoms with E-state index < -0.39 is 5.60 Å². The lowest BCUT2D eigenvalue weighted by atomic mass is 9.78. The van der Waals surface area contributed by atoms with E-state index in [1.165, 1.54) is 19.3 Å². The second kappa shape index (κ2) is 5.08. The van der Waals surface area contributed by atoms with Gasteiger partial charge in [-0.15, -0.1) is 0 Å². The van der Waals surface area contributed by atoms with Crippen molar-refractivity contribution < 1.29 is 14.6 Å². The van der Waals surface area contributed by atoms with Crippen LogP contribution < -0.4 is 0 Å². The van der Waals surface area contributed by atoms with Crippen LogP contribution in [0.2, 0.25) is 0 Å². The third-order valence-corrected chi connectivity index (χ3v) is 3.92. The molecular weight excluding hydrogens is 230 g/mol. The van der Waals surface area contributed by atoms with Gasteiger partial charge in [0.15, 0.2) is 0 Å². The molecule has 1 N–H and O–H groups in total. The number of rotatable bonds is 2. The van der Waals surface area contributed by atoms with E-state index in [9.17, 15) is 9.90 Å². The number of likely N-dealkylation sites (tertiary alicyclic amines) is 1. The van der Waals surface area contributed by atoms with Gasteiger partial charge in [0, 0.05) is 12.5 Å². The number of β-amino-alcohol motifs (C(OH)–C–C–N with tert-alkyl or cyclic N) is 1. The highest BCUT2D eigenvalue weighted by atomic mass is 16.6. The SMILES string of the molecule is CC(C)(C)OC(=O)N1C[C@@H](CC2CCC2)[C@H](O)C1. The Bertz CT molecular complexity index is 307. The van der Waals surface area contributed by atoms with Gasteiger partial charge >= 0.3 is 6.09 Å². The molecule has 0 spiro atoms. The molecule has 1 aliphatic heterocycles. The lowest BCUT2D eigenvalue weighted by Gasteiger charge is -2.29. The molecule has 0 unspecified atom stereocenters. The maximum absolute atomic E-state index is 11.9. The summed E-state index contributed by atoms with van der Waals surface area (Å²) >= 11 is 0. The van der Waals surface area contributed by atoms with Gasteiger partial charge in [-0.05, 0) is 33.1 Å². The number of aliphatic hydroxyl groups is 1. The van der Waals surface area contributed by atoms with Crippen molar-refractivity contribution in [2.45, 2.75) is 58.2 Å². The molecule has 2 aliphatic rings. The summed E-state index contributed by atoms with van der Waals surface area (Å²) in [6, 6.07) is 0. The first kappa shape index (κ1) is 13.7. The Labute approximate surface area is 109 Å². The fourth-order valence-corrected chi connectivity index (χ4v) is 2.72. The number of amides is 1. The van der Waals surface area contributed by atoms with E-state index in [1.807, 2.05) is 20.8 Å². The highest BCUT2D eigenvalue weighted by Crippen LogP contribution is 2.35. The van der Waals surface area contributed by atoms with E-state index in [-0.39, 0.29) is 18.1 Å². The molecule has 0 aromatic heterocycles. The number of aliphatic hydroxyl groups excluding tert-OH is 1. The molecule has 0 aromatic carbocycles. The van der Waals surface area contributed by atoms with Gasteiger partial charge in [-0.25, -0.2) is 4.79 Å². The minimum atomic E-state index is -0.464. The summed E-state index contributed by atoms with van der Waals surface area (Å²) in [7, 11) is 0. The van der Waals surface area contributed by atoms with E-state index >= 15 is 0 Å². The Morgan fingerprint density at radius 2 is 2.00 bits per heavy atom. The number of ether oxygens (including phenoxy) is 1. The number of carbonyl (C=O) groups is 1. The Balaban J connectivity index is 1.83. The van der Waals surface area contributed by atoms with Crippen molar-refractivity contribution in [3.63, 3.8) is 0 Å². The van der Waals surface area contributed by atoms with Crippen LogP contribution in [0.1, 0.15) is 46.5 Å². The molecule has 1 aliphatic carbocycles. The van der Waals surface area contributed by atoms with Crippen molar-refractivity contribution in [2.75, 3.05) is 13.1 Å². The van der Waals surface area contributed by atoms with Crippen LogP contribution in [-0.4, -0.2) is 40.9 Å². The fraction of sp³-hybridized carbons (Fsp3) is 0.929. The van der Waals surface area contributed by atoms with E-state index in [2.05, 4.69) is 0 Å². The molecule has 1 saturated carbocycles. The summed E-state index contributed by atoms with van der Waals surface area (Å²) in [5, 5.41) is 10.0. The lowest BCUT2D eigenvalue weighted by Crippen LogP contribution is -2.35. The molecule has 18 heavy (non-hydrogen) atoms. The second-order valence-corrected chi connectivity index (χ2v) is 6.75. The Kier molecular flexibility index (Phi) is 3.85. The zero-order chi connectivity index (χ0) is 13.3. The predicted octanol–water partition coefficient (Wildman–Crippen LogP) is 2.40. The number of hydrogen-bond acceptors (Lipinski definition) is 3. The van der Waals surface area contributed by atoms with E-state index in [1.54, 1.807) is 4.90 Å². The molecular formula is C14H25NO3. The molecule has 4 nitrogen and oxygen atoms in total. The van der Waals surface area contributed by atoms with Gasteiger partial charge in [-0.3, -0.25) is 0 Å². The van der Waals surface area contributed by atoms with Crippen molar-refractivity contribution in [1.29, 1.82) is 0 Å². The molecule has 0 radical (unpaired) electrons. The van der Waals surface area contributed by atoms with Crippen molar-refractivity contribution >= 4 is 6.09 Å². The lowest BCUT2D eigenvalue weighted by molar-refractivity contribution is 0.0269. The van der Waals surface area contributed by atoms with Crippen LogP contribution in [0.5, 0.6) is 0 Å². The van der Waals surface area contributed by atoms with Crippen molar-refractivity contribution in [2.24, 2.45) is 11.8 Å². The highest BCUT2D eigenvalue weighted by molar-refractivity contribution is 5.68.